The molecule has 4 nitrogen and oxygen atoms in total. The summed E-state index contributed by atoms with van der Waals surface area (Å²) >= 11 is 1.36. The Morgan fingerprint density at radius 1 is 0.944 bits per heavy atom. The van der Waals surface area contributed by atoms with E-state index < -0.39 is 6.04 Å². The Morgan fingerprint density at radius 3 is 2.33 bits per heavy atom. The number of nitrogens with zero attached hydrogens (tertiary/aromatic N) is 1. The van der Waals surface area contributed by atoms with Crippen molar-refractivity contribution < 1.29 is 14.0 Å². The summed E-state index contributed by atoms with van der Waals surface area (Å²) in [7, 11) is 0. The lowest BCUT2D eigenvalue weighted by molar-refractivity contribution is -0.139. The van der Waals surface area contributed by atoms with Gasteiger partial charge in [0.05, 0.1) is 5.75 Å². The number of halogens is 1. The van der Waals surface area contributed by atoms with Crippen molar-refractivity contribution in [1.29, 1.82) is 0 Å². The fraction of sp³-hybridized carbons (Fsp3) is 0.333. The summed E-state index contributed by atoms with van der Waals surface area (Å²) in [6.45, 7) is 5.01. The smallest absolute Gasteiger partial charge is 0.243 e. The third-order valence-electron chi connectivity index (χ3n) is 6.02. The maximum absolute atomic E-state index is 14.1. The highest BCUT2D eigenvalue weighted by Crippen LogP contribution is 2.20. The van der Waals surface area contributed by atoms with Crippen LogP contribution in [0.15, 0.2) is 78.9 Å². The quantitative estimate of drug-likeness (QED) is 0.293. The number of benzene rings is 3. The van der Waals surface area contributed by atoms with Crippen LogP contribution in [0.1, 0.15) is 42.0 Å². The van der Waals surface area contributed by atoms with E-state index in [1.54, 1.807) is 23.1 Å². The van der Waals surface area contributed by atoms with Crippen LogP contribution in [0.4, 0.5) is 4.39 Å². The number of hydrogen-bond donors (Lipinski definition) is 1. The van der Waals surface area contributed by atoms with E-state index in [1.165, 1.54) is 17.8 Å². The highest BCUT2D eigenvalue weighted by molar-refractivity contribution is 7.99. The van der Waals surface area contributed by atoms with E-state index in [0.717, 1.165) is 29.5 Å². The Bertz CT molecular complexity index is 1110. The molecule has 0 saturated carbocycles. The maximum atomic E-state index is 14.1. The molecule has 3 rings (SSSR count). The number of carbonyl (C=O) groups is 2. The van der Waals surface area contributed by atoms with Crippen LogP contribution < -0.4 is 5.32 Å². The highest BCUT2D eigenvalue weighted by Gasteiger charge is 2.30. The molecule has 0 heterocycles. The fourth-order valence-corrected chi connectivity index (χ4v) is 4.79. The average molecular weight is 507 g/mol. The van der Waals surface area contributed by atoms with Crippen LogP contribution in [-0.2, 0) is 28.3 Å². The van der Waals surface area contributed by atoms with Gasteiger partial charge in [0.15, 0.2) is 0 Å². The standard InChI is InChI=1S/C30H35FN2O2S/c1-3-4-18-32-30(35)28(19-24-10-6-5-7-11-24)33(20-25-16-14-23(2)15-17-25)29(34)22-36-21-26-12-8-9-13-27(26)31/h5-17,28H,3-4,18-22H2,1-2H3,(H,32,35)/t28-/m1/s1. The predicted molar refractivity (Wildman–Crippen MR) is 146 cm³/mol. The second-order valence-corrected chi connectivity index (χ2v) is 9.93. The summed E-state index contributed by atoms with van der Waals surface area (Å²) in [6, 6.07) is 23.8. The normalized spacial score (nSPS) is 11.6. The summed E-state index contributed by atoms with van der Waals surface area (Å²) in [5, 5.41) is 3.03. The Labute approximate surface area is 218 Å². The Morgan fingerprint density at radius 2 is 1.64 bits per heavy atom. The summed E-state index contributed by atoms with van der Waals surface area (Å²) < 4.78 is 14.1. The van der Waals surface area contributed by atoms with Crippen molar-refractivity contribution in [2.75, 3.05) is 12.3 Å². The van der Waals surface area contributed by atoms with Gasteiger partial charge in [-0.3, -0.25) is 9.59 Å². The molecule has 190 valence electrons. The molecule has 0 saturated heterocycles. The molecular formula is C30H35FN2O2S. The van der Waals surface area contributed by atoms with E-state index in [1.807, 2.05) is 61.5 Å². The van der Waals surface area contributed by atoms with Crippen molar-refractivity contribution in [3.8, 4) is 0 Å². The number of carbonyl (C=O) groups excluding carboxylic acids is 2. The first-order valence-electron chi connectivity index (χ1n) is 12.5. The first kappa shape index (κ1) is 27.5. The summed E-state index contributed by atoms with van der Waals surface area (Å²) in [4.78, 5) is 28.7. The maximum Gasteiger partial charge on any atom is 0.243 e. The second kappa shape index (κ2) is 14.4. The molecule has 6 heteroatoms. The third kappa shape index (κ3) is 8.52. The van der Waals surface area contributed by atoms with Gasteiger partial charge in [0.1, 0.15) is 11.9 Å². The topological polar surface area (TPSA) is 49.4 Å². The predicted octanol–water partition coefficient (Wildman–Crippen LogP) is 5.92. The van der Waals surface area contributed by atoms with Gasteiger partial charge in [0.25, 0.3) is 0 Å². The lowest BCUT2D eigenvalue weighted by Crippen LogP contribution is -2.51. The van der Waals surface area contributed by atoms with Gasteiger partial charge in [-0.05, 0) is 36.1 Å². The number of hydrogen-bond acceptors (Lipinski definition) is 3. The Hall–Kier alpha value is -3.12. The minimum Gasteiger partial charge on any atom is -0.354 e. The van der Waals surface area contributed by atoms with Gasteiger partial charge in [0.2, 0.25) is 11.8 Å². The van der Waals surface area contributed by atoms with E-state index >= 15 is 0 Å². The van der Waals surface area contributed by atoms with Gasteiger partial charge in [-0.15, -0.1) is 11.8 Å². The van der Waals surface area contributed by atoms with Gasteiger partial charge in [-0.1, -0.05) is 91.7 Å². The van der Waals surface area contributed by atoms with Crippen LogP contribution >= 0.6 is 11.8 Å². The van der Waals surface area contributed by atoms with Crippen molar-refractivity contribution in [1.82, 2.24) is 10.2 Å². The summed E-state index contributed by atoms with van der Waals surface area (Å²) in [6.07, 6.45) is 2.28. The molecular weight excluding hydrogens is 471 g/mol. The van der Waals surface area contributed by atoms with Crippen LogP contribution in [0.3, 0.4) is 0 Å². The molecule has 0 aliphatic rings. The van der Waals surface area contributed by atoms with E-state index in [0.29, 0.717) is 30.8 Å². The molecule has 1 N–H and O–H groups in total. The third-order valence-corrected chi connectivity index (χ3v) is 6.98. The van der Waals surface area contributed by atoms with Crippen molar-refractivity contribution >= 4 is 23.6 Å². The monoisotopic (exact) mass is 506 g/mol. The molecule has 36 heavy (non-hydrogen) atoms. The average Bonchev–Trinajstić information content (AvgIpc) is 2.89. The molecule has 0 bridgehead atoms. The number of nitrogens with one attached hydrogen (secondary N) is 1. The molecule has 0 aliphatic heterocycles. The van der Waals surface area contributed by atoms with E-state index in [2.05, 4.69) is 12.2 Å². The van der Waals surface area contributed by atoms with Gasteiger partial charge >= 0.3 is 0 Å². The van der Waals surface area contributed by atoms with Gasteiger partial charge < -0.3 is 10.2 Å². The van der Waals surface area contributed by atoms with Crippen LogP contribution in [-0.4, -0.2) is 35.1 Å². The minimum absolute atomic E-state index is 0.136. The Kier molecular flexibility index (Phi) is 11.0. The van der Waals surface area contributed by atoms with Crippen LogP contribution in [0, 0.1) is 12.7 Å². The number of aryl methyl sites for hydroxylation is 1. The van der Waals surface area contributed by atoms with Crippen LogP contribution in [0.5, 0.6) is 0 Å². The molecule has 3 aromatic rings. The van der Waals surface area contributed by atoms with E-state index in [-0.39, 0.29) is 23.4 Å². The minimum atomic E-state index is -0.646. The molecule has 0 aliphatic carbocycles. The summed E-state index contributed by atoms with van der Waals surface area (Å²) in [5.41, 5.74) is 3.66. The van der Waals surface area contributed by atoms with Crippen molar-refractivity contribution in [3.63, 3.8) is 0 Å². The lowest BCUT2D eigenvalue weighted by atomic mass is 10.0. The van der Waals surface area contributed by atoms with Crippen molar-refractivity contribution in [3.05, 3.63) is 107 Å². The Balaban J connectivity index is 1.83. The highest BCUT2D eigenvalue weighted by atomic mass is 32.2. The fourth-order valence-electron chi connectivity index (χ4n) is 3.90. The van der Waals surface area contributed by atoms with Crippen molar-refractivity contribution in [2.24, 2.45) is 0 Å². The van der Waals surface area contributed by atoms with Crippen molar-refractivity contribution in [2.45, 2.75) is 51.4 Å². The zero-order valence-electron chi connectivity index (χ0n) is 21.1. The van der Waals surface area contributed by atoms with Crippen LogP contribution in [0.25, 0.3) is 0 Å². The van der Waals surface area contributed by atoms with Gasteiger partial charge in [-0.25, -0.2) is 4.39 Å². The largest absolute Gasteiger partial charge is 0.354 e. The lowest BCUT2D eigenvalue weighted by Gasteiger charge is -2.31. The zero-order chi connectivity index (χ0) is 25.8. The zero-order valence-corrected chi connectivity index (χ0v) is 21.9. The van der Waals surface area contributed by atoms with E-state index in [9.17, 15) is 14.0 Å². The molecule has 0 unspecified atom stereocenters. The number of thioether (sulfide) groups is 1. The number of unbranched alkanes of at least 4 members (excludes halogenated alkanes) is 1. The first-order chi connectivity index (χ1) is 17.5. The molecule has 0 radical (unpaired) electrons. The number of rotatable bonds is 13. The molecule has 3 aromatic carbocycles. The summed E-state index contributed by atoms with van der Waals surface area (Å²) in [5.74, 6) is -0.00196. The van der Waals surface area contributed by atoms with Crippen LogP contribution in [0.2, 0.25) is 0 Å². The molecule has 2 amide bonds. The SMILES string of the molecule is CCCCNC(=O)[C@@H](Cc1ccccc1)N(Cc1ccc(C)cc1)C(=O)CSCc1ccccc1F. The second-order valence-electron chi connectivity index (χ2n) is 8.94. The number of amides is 2. The van der Waals surface area contributed by atoms with Gasteiger partial charge in [0, 0.05) is 25.3 Å². The molecule has 0 aromatic heterocycles. The molecule has 1 atom stereocenters. The molecule has 0 spiro atoms. The van der Waals surface area contributed by atoms with E-state index in [4.69, 9.17) is 0 Å². The van der Waals surface area contributed by atoms with Gasteiger partial charge in [-0.2, -0.15) is 0 Å². The molecule has 0 fully saturated rings. The first-order valence-corrected chi connectivity index (χ1v) is 13.6.